The summed E-state index contributed by atoms with van der Waals surface area (Å²) in [6, 6.07) is 9.07. The Labute approximate surface area is 162 Å². The van der Waals surface area contributed by atoms with Crippen LogP contribution in [0.3, 0.4) is 0 Å². The minimum Gasteiger partial charge on any atom is -0.335 e. The molecule has 1 amide bonds. The van der Waals surface area contributed by atoms with Gasteiger partial charge in [0.05, 0.1) is 6.54 Å². The Balaban J connectivity index is 1.56. The van der Waals surface area contributed by atoms with Gasteiger partial charge < -0.3 is 9.42 Å². The molecule has 1 unspecified atom stereocenters. The number of pyridine rings is 1. The number of amides is 1. The highest BCUT2D eigenvalue weighted by molar-refractivity contribution is 5.94. The number of benzene rings is 1. The van der Waals surface area contributed by atoms with Crippen LogP contribution in [0.5, 0.6) is 0 Å². The van der Waals surface area contributed by atoms with E-state index in [0.29, 0.717) is 24.1 Å². The van der Waals surface area contributed by atoms with Crippen LogP contribution in [0.25, 0.3) is 11.4 Å². The Bertz CT molecular complexity index is 1000. The van der Waals surface area contributed by atoms with Crippen LogP contribution >= 0.6 is 0 Å². The van der Waals surface area contributed by atoms with Gasteiger partial charge in [0.25, 0.3) is 11.8 Å². The van der Waals surface area contributed by atoms with E-state index in [0.717, 1.165) is 11.1 Å². The Morgan fingerprint density at radius 1 is 1.25 bits per heavy atom. The van der Waals surface area contributed by atoms with Gasteiger partial charge in [-0.25, -0.2) is 4.39 Å². The lowest BCUT2D eigenvalue weighted by atomic mass is 9.93. The van der Waals surface area contributed by atoms with Crippen LogP contribution in [-0.4, -0.2) is 39.0 Å². The molecule has 144 valence electrons. The van der Waals surface area contributed by atoms with Crippen molar-refractivity contribution in [1.29, 1.82) is 0 Å². The first-order valence-electron chi connectivity index (χ1n) is 9.26. The van der Waals surface area contributed by atoms with Gasteiger partial charge in [0.1, 0.15) is 0 Å². The van der Waals surface area contributed by atoms with E-state index >= 15 is 4.39 Å². The first-order valence-corrected chi connectivity index (χ1v) is 9.26. The Morgan fingerprint density at radius 3 is 2.86 bits per heavy atom. The Morgan fingerprint density at radius 2 is 2.11 bits per heavy atom. The van der Waals surface area contributed by atoms with Crippen molar-refractivity contribution in [3.05, 3.63) is 65.3 Å². The maximum Gasteiger partial charge on any atom is 0.266 e. The predicted octanol–water partition coefficient (Wildman–Crippen LogP) is 3.85. The molecule has 0 saturated carbocycles. The molecule has 2 aromatic heterocycles. The topological polar surface area (TPSA) is 72.1 Å². The number of hydrogen-bond donors (Lipinski definition) is 0. The number of rotatable bonds is 3. The van der Waals surface area contributed by atoms with Crippen LogP contribution in [0.2, 0.25) is 0 Å². The average Bonchev–Trinajstić information content (AvgIpc) is 3.21. The van der Waals surface area contributed by atoms with Crippen LogP contribution in [0.4, 0.5) is 4.39 Å². The number of likely N-dealkylation sites (tertiary alicyclic amines) is 1. The smallest absolute Gasteiger partial charge is 0.266 e. The van der Waals surface area contributed by atoms with E-state index in [4.69, 9.17) is 4.52 Å². The molecule has 3 aromatic rings. The molecule has 0 bridgehead atoms. The molecule has 0 aliphatic carbocycles. The normalized spacial score (nSPS) is 19.6. The summed E-state index contributed by atoms with van der Waals surface area (Å²) in [5.74, 6) is 0.0125. The van der Waals surface area contributed by atoms with Gasteiger partial charge in [0.15, 0.2) is 0 Å². The zero-order chi connectivity index (χ0) is 19.7. The lowest BCUT2D eigenvalue weighted by Gasteiger charge is -2.35. The molecule has 0 N–H and O–H groups in total. The quantitative estimate of drug-likeness (QED) is 0.690. The predicted molar refractivity (Wildman–Crippen MR) is 101 cm³/mol. The van der Waals surface area contributed by atoms with Crippen LogP contribution in [0.1, 0.15) is 40.2 Å². The van der Waals surface area contributed by atoms with Gasteiger partial charge in [0, 0.05) is 30.1 Å². The third-order valence-electron chi connectivity index (χ3n) is 5.21. The standard InChI is InChI=1S/C21H21FN4O2/c1-14-6-7-16(11-15(14)2)19(27)26-10-4-8-21(22,13-26)20-24-18(25-28-20)17-5-3-9-23-12-17/h3,5-7,9,11-12H,4,8,10,13H2,1-2H3. The molecule has 3 heterocycles. The Hall–Kier alpha value is -3.09. The summed E-state index contributed by atoms with van der Waals surface area (Å²) in [6.07, 6.45) is 3.99. The fourth-order valence-electron chi connectivity index (χ4n) is 3.43. The molecule has 7 heteroatoms. The maximum absolute atomic E-state index is 15.7. The van der Waals surface area contributed by atoms with E-state index in [1.807, 2.05) is 26.0 Å². The second-order valence-corrected chi connectivity index (χ2v) is 7.26. The number of carbonyl (C=O) groups is 1. The average molecular weight is 380 g/mol. The number of aryl methyl sites for hydroxylation is 2. The van der Waals surface area contributed by atoms with E-state index in [2.05, 4.69) is 15.1 Å². The zero-order valence-electron chi connectivity index (χ0n) is 15.9. The van der Waals surface area contributed by atoms with Crippen molar-refractivity contribution in [1.82, 2.24) is 20.0 Å². The third-order valence-corrected chi connectivity index (χ3v) is 5.21. The molecule has 1 aliphatic heterocycles. The third kappa shape index (κ3) is 3.40. The van der Waals surface area contributed by atoms with Crippen molar-refractivity contribution < 1.29 is 13.7 Å². The fourth-order valence-corrected chi connectivity index (χ4v) is 3.43. The van der Waals surface area contributed by atoms with Crippen molar-refractivity contribution in [2.75, 3.05) is 13.1 Å². The van der Waals surface area contributed by atoms with Crippen molar-refractivity contribution >= 4 is 5.91 Å². The van der Waals surface area contributed by atoms with Crippen LogP contribution in [-0.2, 0) is 5.67 Å². The summed E-state index contributed by atoms with van der Waals surface area (Å²) in [5, 5.41) is 3.89. The van der Waals surface area contributed by atoms with E-state index < -0.39 is 5.67 Å². The van der Waals surface area contributed by atoms with Gasteiger partial charge in [-0.1, -0.05) is 11.2 Å². The molecule has 1 aromatic carbocycles. The molecular weight excluding hydrogens is 359 g/mol. The second-order valence-electron chi connectivity index (χ2n) is 7.26. The van der Waals surface area contributed by atoms with Crippen LogP contribution in [0.15, 0.2) is 47.2 Å². The molecular formula is C21H21FN4O2. The first-order chi connectivity index (χ1) is 13.5. The lowest BCUT2D eigenvalue weighted by molar-refractivity contribution is 0.0152. The first kappa shape index (κ1) is 18.3. The van der Waals surface area contributed by atoms with Crippen LogP contribution < -0.4 is 0 Å². The molecule has 1 atom stereocenters. The molecule has 1 saturated heterocycles. The maximum atomic E-state index is 15.7. The van der Waals surface area contributed by atoms with Crippen molar-refractivity contribution in [3.8, 4) is 11.4 Å². The van der Waals surface area contributed by atoms with E-state index in [9.17, 15) is 4.79 Å². The van der Waals surface area contributed by atoms with Gasteiger partial charge in [-0.3, -0.25) is 9.78 Å². The van der Waals surface area contributed by atoms with Gasteiger partial charge in [0.2, 0.25) is 11.5 Å². The number of piperidine rings is 1. The Kier molecular flexibility index (Phi) is 4.66. The summed E-state index contributed by atoms with van der Waals surface area (Å²) in [5.41, 5.74) is 1.51. The highest BCUT2D eigenvalue weighted by atomic mass is 19.1. The minimum absolute atomic E-state index is 0.0936. The second kappa shape index (κ2) is 7.14. The summed E-state index contributed by atoms with van der Waals surface area (Å²) in [6.45, 7) is 4.35. The number of hydrogen-bond acceptors (Lipinski definition) is 5. The van der Waals surface area contributed by atoms with Crippen molar-refractivity contribution in [2.24, 2.45) is 0 Å². The molecule has 0 radical (unpaired) electrons. The molecule has 1 fully saturated rings. The summed E-state index contributed by atoms with van der Waals surface area (Å²) in [4.78, 5) is 22.7. The SMILES string of the molecule is Cc1ccc(C(=O)N2CCCC(F)(c3nc(-c4cccnc4)no3)C2)cc1C. The number of nitrogens with zero attached hydrogens (tertiary/aromatic N) is 4. The molecule has 28 heavy (non-hydrogen) atoms. The summed E-state index contributed by atoms with van der Waals surface area (Å²) >= 11 is 0. The highest BCUT2D eigenvalue weighted by Gasteiger charge is 2.44. The largest absolute Gasteiger partial charge is 0.335 e. The van der Waals surface area contributed by atoms with E-state index in [1.54, 1.807) is 30.6 Å². The number of alkyl halides is 1. The molecule has 1 aliphatic rings. The van der Waals surface area contributed by atoms with Crippen molar-refractivity contribution in [3.63, 3.8) is 0 Å². The summed E-state index contributed by atoms with van der Waals surface area (Å²) in [7, 11) is 0. The lowest BCUT2D eigenvalue weighted by Crippen LogP contribution is -2.46. The van der Waals surface area contributed by atoms with Gasteiger partial charge in [-0.05, 0) is 62.1 Å². The number of aromatic nitrogens is 3. The van der Waals surface area contributed by atoms with E-state index in [1.165, 1.54) is 4.90 Å². The molecule has 0 spiro atoms. The monoisotopic (exact) mass is 380 g/mol. The zero-order valence-corrected chi connectivity index (χ0v) is 15.9. The summed E-state index contributed by atoms with van der Waals surface area (Å²) < 4.78 is 20.9. The molecule has 6 nitrogen and oxygen atoms in total. The van der Waals surface area contributed by atoms with Gasteiger partial charge >= 0.3 is 0 Å². The number of carbonyl (C=O) groups excluding carboxylic acids is 1. The van der Waals surface area contributed by atoms with Gasteiger partial charge in [-0.2, -0.15) is 4.98 Å². The minimum atomic E-state index is -1.86. The van der Waals surface area contributed by atoms with Gasteiger partial charge in [-0.15, -0.1) is 0 Å². The number of halogens is 1. The highest BCUT2D eigenvalue weighted by Crippen LogP contribution is 2.36. The van der Waals surface area contributed by atoms with E-state index in [-0.39, 0.29) is 30.6 Å². The fraction of sp³-hybridized carbons (Fsp3) is 0.333. The van der Waals surface area contributed by atoms with Crippen molar-refractivity contribution in [2.45, 2.75) is 32.4 Å². The molecule has 4 rings (SSSR count). The van der Waals surface area contributed by atoms with Crippen LogP contribution in [0, 0.1) is 13.8 Å².